The molecule has 0 saturated heterocycles. The first-order valence-corrected chi connectivity index (χ1v) is 11.5. The molecule has 0 aliphatic heterocycles. The Morgan fingerprint density at radius 2 is 1.97 bits per heavy atom. The lowest BCUT2D eigenvalue weighted by molar-refractivity contribution is 0.140. The first-order valence-electron chi connectivity index (χ1n) is 11.1. The summed E-state index contributed by atoms with van der Waals surface area (Å²) in [6.45, 7) is 8.64. The van der Waals surface area contributed by atoms with Gasteiger partial charge in [-0.2, -0.15) is 0 Å². The molecule has 182 valence electrons. The van der Waals surface area contributed by atoms with Crippen LogP contribution in [-0.4, -0.2) is 31.8 Å². The van der Waals surface area contributed by atoms with E-state index < -0.39 is 6.09 Å². The number of amides is 1. The van der Waals surface area contributed by atoms with Crippen molar-refractivity contribution < 1.29 is 14.3 Å². The fourth-order valence-corrected chi connectivity index (χ4v) is 3.32. The van der Waals surface area contributed by atoms with E-state index in [-0.39, 0.29) is 6.61 Å². The van der Waals surface area contributed by atoms with Crippen molar-refractivity contribution in [2.75, 3.05) is 20.7 Å². The molecule has 0 aliphatic rings. The van der Waals surface area contributed by atoms with E-state index in [1.54, 1.807) is 32.5 Å². The van der Waals surface area contributed by atoms with Crippen molar-refractivity contribution in [2.45, 2.75) is 53.6 Å². The summed E-state index contributed by atoms with van der Waals surface area (Å²) in [6.07, 6.45) is 9.83. The van der Waals surface area contributed by atoms with Gasteiger partial charge in [0.2, 0.25) is 0 Å². The predicted octanol–water partition coefficient (Wildman–Crippen LogP) is 5.57. The van der Waals surface area contributed by atoms with E-state index in [0.29, 0.717) is 17.3 Å². The lowest BCUT2D eigenvalue weighted by atomic mass is 10.0. The monoisotopic (exact) mass is 476 g/mol. The second-order valence-electron chi connectivity index (χ2n) is 7.37. The average Bonchev–Trinajstić information content (AvgIpc) is 2.80. The van der Waals surface area contributed by atoms with E-state index in [4.69, 9.17) is 21.1 Å². The van der Waals surface area contributed by atoms with Gasteiger partial charge >= 0.3 is 6.09 Å². The van der Waals surface area contributed by atoms with Gasteiger partial charge in [-0.1, -0.05) is 50.1 Å². The molecule has 0 fully saturated rings. The molecule has 1 aromatic heterocycles. The van der Waals surface area contributed by atoms with Crippen LogP contribution in [0.3, 0.4) is 0 Å². The number of aromatic nitrogens is 1. The molecule has 1 aromatic rings. The van der Waals surface area contributed by atoms with Crippen LogP contribution < -0.4 is 16.2 Å². The van der Waals surface area contributed by atoms with Gasteiger partial charge in [0.25, 0.3) is 0 Å². The van der Waals surface area contributed by atoms with E-state index in [1.807, 2.05) is 26.0 Å². The number of pyridine rings is 1. The van der Waals surface area contributed by atoms with Crippen LogP contribution in [0, 0.1) is 0 Å². The minimum atomic E-state index is -0.518. The summed E-state index contributed by atoms with van der Waals surface area (Å²) in [5, 5.41) is 3.16. The van der Waals surface area contributed by atoms with Crippen molar-refractivity contribution in [2.24, 2.45) is 0 Å². The SMILES string of the molecule is CC/C=C(C)/C(=C\C=C(C)\C(NNC)=C(\CCC)CNC(=O)OCc1cccnc1Cl)OC. The molecular formula is C25H37ClN4O3. The third-order valence-corrected chi connectivity index (χ3v) is 5.13. The lowest BCUT2D eigenvalue weighted by Gasteiger charge is -2.18. The summed E-state index contributed by atoms with van der Waals surface area (Å²) in [7, 11) is 3.47. The average molecular weight is 477 g/mol. The molecule has 1 heterocycles. The fourth-order valence-electron chi connectivity index (χ4n) is 3.15. The van der Waals surface area contributed by atoms with Gasteiger partial charge < -0.3 is 20.2 Å². The number of nitrogens with zero attached hydrogens (tertiary/aromatic N) is 1. The number of nitrogens with one attached hydrogen (secondary N) is 3. The molecule has 0 spiro atoms. The van der Waals surface area contributed by atoms with Crippen LogP contribution in [0.4, 0.5) is 4.79 Å². The fraction of sp³-hybridized carbons (Fsp3) is 0.440. The summed E-state index contributed by atoms with van der Waals surface area (Å²) in [4.78, 5) is 16.3. The number of methoxy groups -OCH3 is 1. The molecule has 0 radical (unpaired) electrons. The van der Waals surface area contributed by atoms with Gasteiger partial charge in [-0.3, -0.25) is 0 Å². The highest BCUT2D eigenvalue weighted by Crippen LogP contribution is 2.18. The number of allylic oxidation sites excluding steroid dienone is 5. The maximum Gasteiger partial charge on any atom is 0.407 e. The number of hydrogen-bond acceptors (Lipinski definition) is 6. The number of ether oxygens (including phenoxy) is 2. The zero-order chi connectivity index (χ0) is 24.6. The van der Waals surface area contributed by atoms with Gasteiger partial charge in [-0.25, -0.2) is 15.2 Å². The molecule has 0 aromatic carbocycles. The largest absolute Gasteiger partial charge is 0.497 e. The van der Waals surface area contributed by atoms with Crippen LogP contribution in [0.15, 0.2) is 64.7 Å². The molecule has 7 nitrogen and oxygen atoms in total. The van der Waals surface area contributed by atoms with Crippen LogP contribution in [0.1, 0.15) is 52.5 Å². The maximum absolute atomic E-state index is 12.3. The van der Waals surface area contributed by atoms with Crippen molar-refractivity contribution >= 4 is 17.7 Å². The van der Waals surface area contributed by atoms with Gasteiger partial charge in [0.15, 0.2) is 0 Å². The molecule has 1 amide bonds. The van der Waals surface area contributed by atoms with E-state index in [0.717, 1.165) is 47.4 Å². The van der Waals surface area contributed by atoms with E-state index >= 15 is 0 Å². The van der Waals surface area contributed by atoms with Crippen molar-refractivity contribution in [1.82, 2.24) is 21.2 Å². The van der Waals surface area contributed by atoms with E-state index in [9.17, 15) is 4.79 Å². The lowest BCUT2D eigenvalue weighted by Crippen LogP contribution is -2.32. The van der Waals surface area contributed by atoms with Gasteiger partial charge in [0, 0.05) is 25.4 Å². The molecule has 33 heavy (non-hydrogen) atoms. The standard InChI is InChI=1S/C25H37ClN4O3/c1-7-10-18(3)22(32-6)14-13-19(4)23(30-27-5)20(11-8-2)16-29-25(31)33-17-21-12-9-15-28-24(21)26/h9-10,12-15,27,30H,7-8,11,16-17H2,1-6H3,(H,29,31)/b18-10+,19-13+,22-14+,23-20+. The van der Waals surface area contributed by atoms with Gasteiger partial charge in [-0.05, 0) is 55.6 Å². The van der Waals surface area contributed by atoms with Crippen LogP contribution in [0.2, 0.25) is 5.15 Å². The molecule has 8 heteroatoms. The quantitative estimate of drug-likeness (QED) is 0.149. The Morgan fingerprint density at radius 1 is 1.21 bits per heavy atom. The third kappa shape index (κ3) is 10.1. The highest BCUT2D eigenvalue weighted by Gasteiger charge is 2.12. The zero-order valence-corrected chi connectivity index (χ0v) is 21.3. The first kappa shape index (κ1) is 28.3. The van der Waals surface area contributed by atoms with Gasteiger partial charge in [-0.15, -0.1) is 0 Å². The summed E-state index contributed by atoms with van der Waals surface area (Å²) in [5.41, 5.74) is 10.9. The smallest absolute Gasteiger partial charge is 0.407 e. The Hall–Kier alpha value is -2.77. The van der Waals surface area contributed by atoms with Crippen molar-refractivity contribution in [1.29, 1.82) is 0 Å². The highest BCUT2D eigenvalue weighted by molar-refractivity contribution is 6.30. The van der Waals surface area contributed by atoms with Gasteiger partial charge in [0.05, 0.1) is 12.8 Å². The maximum atomic E-state index is 12.3. The number of alkyl carbamates (subject to hydrolysis) is 1. The molecule has 0 unspecified atom stereocenters. The second kappa shape index (κ2) is 15.9. The van der Waals surface area contributed by atoms with Crippen LogP contribution in [-0.2, 0) is 16.1 Å². The molecular weight excluding hydrogens is 440 g/mol. The Morgan fingerprint density at radius 3 is 2.58 bits per heavy atom. The van der Waals surface area contributed by atoms with Crippen molar-refractivity contribution in [3.8, 4) is 0 Å². The molecule has 1 rings (SSSR count). The summed E-state index contributed by atoms with van der Waals surface area (Å²) in [6, 6.07) is 3.52. The van der Waals surface area contributed by atoms with E-state index in [2.05, 4.69) is 41.1 Å². The molecule has 0 atom stereocenters. The minimum Gasteiger partial charge on any atom is -0.497 e. The van der Waals surface area contributed by atoms with Crippen LogP contribution in [0.5, 0.6) is 0 Å². The normalized spacial score (nSPS) is 13.4. The van der Waals surface area contributed by atoms with Crippen LogP contribution >= 0.6 is 11.6 Å². The number of hydrazine groups is 1. The Kier molecular flexibility index (Phi) is 13.7. The van der Waals surface area contributed by atoms with Gasteiger partial charge in [0.1, 0.15) is 17.5 Å². The Balaban J connectivity index is 3.00. The third-order valence-electron chi connectivity index (χ3n) is 4.79. The number of carbonyl (C=O) groups is 1. The molecule has 0 aliphatic carbocycles. The summed E-state index contributed by atoms with van der Waals surface area (Å²) < 4.78 is 10.8. The highest BCUT2D eigenvalue weighted by atomic mass is 35.5. The van der Waals surface area contributed by atoms with Crippen molar-refractivity contribution in [3.63, 3.8) is 0 Å². The van der Waals surface area contributed by atoms with Crippen LogP contribution in [0.25, 0.3) is 0 Å². The molecule has 3 N–H and O–H groups in total. The Labute approximate surface area is 203 Å². The zero-order valence-electron chi connectivity index (χ0n) is 20.5. The number of hydrogen-bond donors (Lipinski definition) is 3. The summed E-state index contributed by atoms with van der Waals surface area (Å²) >= 11 is 6.02. The molecule has 0 saturated carbocycles. The number of halogens is 1. The molecule has 0 bridgehead atoms. The topological polar surface area (TPSA) is 84.5 Å². The van der Waals surface area contributed by atoms with E-state index in [1.165, 1.54) is 0 Å². The Bertz CT molecular complexity index is 891. The minimum absolute atomic E-state index is 0.0567. The predicted molar refractivity (Wildman–Crippen MR) is 134 cm³/mol. The second-order valence-corrected chi connectivity index (χ2v) is 7.72. The number of carbonyl (C=O) groups excluding carboxylic acids is 1. The summed E-state index contributed by atoms with van der Waals surface area (Å²) in [5.74, 6) is 0.813. The van der Waals surface area contributed by atoms with Crippen molar-refractivity contribution in [3.05, 3.63) is 75.4 Å². The first-order chi connectivity index (χ1) is 15.9. The number of rotatable bonds is 13.